The van der Waals surface area contributed by atoms with Gasteiger partial charge in [0.05, 0.1) is 5.01 Å². The van der Waals surface area contributed by atoms with Crippen LogP contribution in [-0.4, -0.2) is 29.6 Å². The first-order valence-electron chi connectivity index (χ1n) is 5.49. The van der Waals surface area contributed by atoms with Crippen molar-refractivity contribution in [1.29, 1.82) is 0 Å². The molecule has 0 spiro atoms. The highest BCUT2D eigenvalue weighted by Crippen LogP contribution is 2.34. The van der Waals surface area contributed by atoms with E-state index >= 15 is 0 Å². The van der Waals surface area contributed by atoms with Crippen LogP contribution in [0.1, 0.15) is 29.1 Å². The fourth-order valence-corrected chi connectivity index (χ4v) is 4.25. The van der Waals surface area contributed by atoms with Crippen LogP contribution < -0.4 is 5.32 Å². The summed E-state index contributed by atoms with van der Waals surface area (Å²) in [5.74, 6) is 3.32. The number of rotatable bonds is 4. The molecular weight excluding hydrogens is 224 g/mol. The maximum absolute atomic E-state index is 4.56. The van der Waals surface area contributed by atoms with Gasteiger partial charge in [-0.3, -0.25) is 0 Å². The van der Waals surface area contributed by atoms with Crippen LogP contribution in [0.25, 0.3) is 0 Å². The number of hydrogen-bond acceptors (Lipinski definition) is 4. The highest BCUT2D eigenvalue weighted by atomic mass is 32.2. The van der Waals surface area contributed by atoms with E-state index in [9.17, 15) is 0 Å². The maximum atomic E-state index is 4.56. The molecule has 0 aliphatic carbocycles. The average molecular weight is 242 g/mol. The summed E-state index contributed by atoms with van der Waals surface area (Å²) in [5.41, 5.74) is 0. The molecule has 0 radical (unpaired) electrons. The Bertz CT molecular complexity index is 305. The average Bonchev–Trinajstić information content (AvgIpc) is 2.85. The fourth-order valence-electron chi connectivity index (χ4n) is 1.74. The zero-order valence-electron chi connectivity index (χ0n) is 9.32. The molecule has 2 unspecified atom stereocenters. The van der Waals surface area contributed by atoms with Gasteiger partial charge in [-0.15, -0.1) is 11.3 Å². The molecule has 2 rings (SSSR count). The number of nitrogens with zero attached hydrogens (tertiary/aromatic N) is 1. The smallest absolute Gasteiger partial charge is 0.0967 e. The number of nitrogens with one attached hydrogen (secondary N) is 1. The molecule has 0 saturated carbocycles. The maximum Gasteiger partial charge on any atom is 0.0967 e. The van der Waals surface area contributed by atoms with Crippen LogP contribution >= 0.6 is 23.1 Å². The Morgan fingerprint density at radius 2 is 2.53 bits per heavy atom. The first kappa shape index (κ1) is 11.4. The molecule has 1 aliphatic rings. The Balaban J connectivity index is 1.97. The normalized spacial score (nSPS) is 23.2. The van der Waals surface area contributed by atoms with Gasteiger partial charge in [-0.05, 0) is 32.6 Å². The third kappa shape index (κ3) is 2.95. The molecule has 0 aromatic carbocycles. The highest BCUT2D eigenvalue weighted by Gasteiger charge is 2.20. The molecule has 1 fully saturated rings. The summed E-state index contributed by atoms with van der Waals surface area (Å²) in [4.78, 5) is 5.98. The molecule has 1 N–H and O–H groups in total. The van der Waals surface area contributed by atoms with Crippen LogP contribution in [0.4, 0.5) is 0 Å². The van der Waals surface area contributed by atoms with Crippen LogP contribution in [0.5, 0.6) is 0 Å². The van der Waals surface area contributed by atoms with Crippen LogP contribution in [0, 0.1) is 0 Å². The summed E-state index contributed by atoms with van der Waals surface area (Å²) < 4.78 is 0. The Kier molecular flexibility index (Phi) is 4.05. The number of likely N-dealkylation sites (N-methyl/N-ethyl adjacent to an activating group) is 1. The molecular formula is C11H18N2S2. The predicted octanol–water partition coefficient (Wildman–Crippen LogP) is 2.51. The van der Waals surface area contributed by atoms with Crippen molar-refractivity contribution in [2.24, 2.45) is 0 Å². The molecule has 2 atom stereocenters. The largest absolute Gasteiger partial charge is 0.317 e. The van der Waals surface area contributed by atoms with Crippen molar-refractivity contribution >= 4 is 23.1 Å². The summed E-state index contributed by atoms with van der Waals surface area (Å²) >= 11 is 3.97. The van der Waals surface area contributed by atoms with Crippen molar-refractivity contribution < 1.29 is 0 Å². The molecule has 2 nitrogen and oxygen atoms in total. The Labute approximate surface area is 99.9 Å². The SMILES string of the molecule is CNC(C)Cc1cnc(C2CCSC2)s1. The topological polar surface area (TPSA) is 24.9 Å². The number of thioether (sulfide) groups is 1. The van der Waals surface area contributed by atoms with Crippen LogP contribution in [0.2, 0.25) is 0 Å². The lowest BCUT2D eigenvalue weighted by molar-refractivity contribution is 0.612. The summed E-state index contributed by atoms with van der Waals surface area (Å²) in [6, 6.07) is 0.552. The second-order valence-electron chi connectivity index (χ2n) is 4.12. The molecule has 84 valence electrons. The predicted molar refractivity (Wildman–Crippen MR) is 69.0 cm³/mol. The first-order valence-corrected chi connectivity index (χ1v) is 7.46. The molecule has 2 heterocycles. The van der Waals surface area contributed by atoms with E-state index < -0.39 is 0 Å². The van der Waals surface area contributed by atoms with E-state index in [0.29, 0.717) is 6.04 Å². The first-order chi connectivity index (χ1) is 7.29. The van der Waals surface area contributed by atoms with Gasteiger partial charge in [0.15, 0.2) is 0 Å². The van der Waals surface area contributed by atoms with Crippen molar-refractivity contribution in [3.63, 3.8) is 0 Å². The lowest BCUT2D eigenvalue weighted by atomic mass is 10.1. The van der Waals surface area contributed by atoms with Gasteiger partial charge >= 0.3 is 0 Å². The molecule has 1 saturated heterocycles. The Morgan fingerprint density at radius 3 is 3.20 bits per heavy atom. The Morgan fingerprint density at radius 1 is 1.67 bits per heavy atom. The molecule has 1 aromatic heterocycles. The van der Waals surface area contributed by atoms with E-state index in [1.54, 1.807) is 0 Å². The third-order valence-electron chi connectivity index (χ3n) is 2.85. The van der Waals surface area contributed by atoms with Crippen molar-refractivity contribution in [1.82, 2.24) is 10.3 Å². The standard InChI is InChI=1S/C11H18N2S2/c1-8(12-2)5-10-6-13-11(15-10)9-3-4-14-7-9/h6,8-9,12H,3-5,7H2,1-2H3. The van der Waals surface area contributed by atoms with Crippen LogP contribution in [-0.2, 0) is 6.42 Å². The van der Waals surface area contributed by atoms with Gasteiger partial charge in [0.1, 0.15) is 0 Å². The second-order valence-corrected chi connectivity index (χ2v) is 6.42. The van der Waals surface area contributed by atoms with E-state index in [1.807, 2.05) is 18.4 Å². The summed E-state index contributed by atoms with van der Waals surface area (Å²) in [7, 11) is 2.01. The lowest BCUT2D eigenvalue weighted by Gasteiger charge is -2.06. The van der Waals surface area contributed by atoms with Crippen molar-refractivity contribution in [3.05, 3.63) is 16.1 Å². The summed E-state index contributed by atoms with van der Waals surface area (Å²) in [5, 5.41) is 4.63. The van der Waals surface area contributed by atoms with Gasteiger partial charge in [0.25, 0.3) is 0 Å². The van der Waals surface area contributed by atoms with Crippen molar-refractivity contribution in [2.75, 3.05) is 18.6 Å². The van der Waals surface area contributed by atoms with Gasteiger partial charge in [-0.2, -0.15) is 11.8 Å². The van der Waals surface area contributed by atoms with E-state index in [0.717, 1.165) is 12.3 Å². The number of hydrogen-bond donors (Lipinski definition) is 1. The van der Waals surface area contributed by atoms with Gasteiger partial charge < -0.3 is 5.32 Å². The molecule has 0 amide bonds. The van der Waals surface area contributed by atoms with E-state index in [2.05, 4.69) is 35.2 Å². The minimum Gasteiger partial charge on any atom is -0.317 e. The van der Waals surface area contributed by atoms with Crippen molar-refractivity contribution in [3.8, 4) is 0 Å². The molecule has 0 bridgehead atoms. The van der Waals surface area contributed by atoms with Gasteiger partial charge in [0.2, 0.25) is 0 Å². The highest BCUT2D eigenvalue weighted by molar-refractivity contribution is 7.99. The summed E-state index contributed by atoms with van der Waals surface area (Å²) in [6.45, 7) is 2.21. The quantitative estimate of drug-likeness (QED) is 0.878. The van der Waals surface area contributed by atoms with Gasteiger partial charge in [-0.25, -0.2) is 4.98 Å². The summed E-state index contributed by atoms with van der Waals surface area (Å²) in [6.07, 6.45) is 4.49. The minimum atomic E-state index is 0.552. The van der Waals surface area contributed by atoms with E-state index in [-0.39, 0.29) is 0 Å². The van der Waals surface area contributed by atoms with Crippen LogP contribution in [0.15, 0.2) is 6.20 Å². The molecule has 4 heteroatoms. The lowest BCUT2D eigenvalue weighted by Crippen LogP contribution is -2.22. The van der Waals surface area contributed by atoms with E-state index in [1.165, 1.54) is 27.8 Å². The molecule has 15 heavy (non-hydrogen) atoms. The zero-order valence-corrected chi connectivity index (χ0v) is 11.0. The van der Waals surface area contributed by atoms with Gasteiger partial charge in [0, 0.05) is 28.8 Å². The minimum absolute atomic E-state index is 0.552. The Hall–Kier alpha value is -0.0600. The monoisotopic (exact) mass is 242 g/mol. The molecule has 1 aromatic rings. The van der Waals surface area contributed by atoms with Crippen molar-refractivity contribution in [2.45, 2.75) is 31.7 Å². The van der Waals surface area contributed by atoms with Crippen LogP contribution in [0.3, 0.4) is 0 Å². The number of thiazole rings is 1. The fraction of sp³-hybridized carbons (Fsp3) is 0.727. The van der Waals surface area contributed by atoms with E-state index in [4.69, 9.17) is 0 Å². The molecule has 1 aliphatic heterocycles. The zero-order chi connectivity index (χ0) is 10.7. The van der Waals surface area contributed by atoms with Gasteiger partial charge in [-0.1, -0.05) is 0 Å². The number of aromatic nitrogens is 1. The third-order valence-corrected chi connectivity index (χ3v) is 5.20. The second kappa shape index (κ2) is 5.32.